The lowest BCUT2D eigenvalue weighted by molar-refractivity contribution is 0.957. The minimum absolute atomic E-state index is 0.503. The predicted molar refractivity (Wildman–Crippen MR) is 89.6 cm³/mol. The summed E-state index contributed by atoms with van der Waals surface area (Å²) in [5.41, 5.74) is 9.60. The second kappa shape index (κ2) is 4.60. The number of benzene rings is 3. The Balaban J connectivity index is 1.88. The molecule has 3 aromatic rings. The molecule has 1 atom stereocenters. The Morgan fingerprint density at radius 3 is 2.14 bits per heavy atom. The molecule has 3 aromatic carbocycles. The zero-order valence-corrected chi connectivity index (χ0v) is 12.4. The molecule has 0 fully saturated rings. The maximum atomic E-state index is 2.35. The molecule has 102 valence electrons. The highest BCUT2D eigenvalue weighted by Crippen LogP contribution is 2.45. The third kappa shape index (κ3) is 1.91. The minimum atomic E-state index is 0.503. The lowest BCUT2D eigenvalue weighted by Gasteiger charge is -2.08. The van der Waals surface area contributed by atoms with Crippen molar-refractivity contribution in [3.63, 3.8) is 0 Å². The van der Waals surface area contributed by atoms with E-state index in [0.29, 0.717) is 5.92 Å². The first-order chi connectivity index (χ1) is 10.2. The Labute approximate surface area is 126 Å². The van der Waals surface area contributed by atoms with Gasteiger partial charge in [-0.25, -0.2) is 0 Å². The smallest absolute Gasteiger partial charge is 0.00733 e. The van der Waals surface area contributed by atoms with E-state index >= 15 is 0 Å². The van der Waals surface area contributed by atoms with Gasteiger partial charge < -0.3 is 0 Å². The van der Waals surface area contributed by atoms with E-state index in [0.717, 1.165) is 0 Å². The van der Waals surface area contributed by atoms with Crippen LogP contribution in [0.15, 0.2) is 66.7 Å². The third-order valence-corrected chi connectivity index (χ3v) is 4.62. The fourth-order valence-corrected chi connectivity index (χ4v) is 3.38. The van der Waals surface area contributed by atoms with E-state index < -0.39 is 0 Å². The summed E-state index contributed by atoms with van der Waals surface area (Å²) in [5, 5.41) is 0. The molecule has 4 rings (SSSR count). The first-order valence-corrected chi connectivity index (χ1v) is 7.54. The van der Waals surface area contributed by atoms with Crippen molar-refractivity contribution in [2.24, 2.45) is 0 Å². The molecule has 0 radical (unpaired) electrons. The molecule has 0 aromatic heterocycles. The van der Waals surface area contributed by atoms with Gasteiger partial charge in [0.05, 0.1) is 0 Å². The fourth-order valence-electron chi connectivity index (χ4n) is 3.38. The van der Waals surface area contributed by atoms with Gasteiger partial charge in [0.25, 0.3) is 0 Å². The molecular formula is C21H18. The van der Waals surface area contributed by atoms with E-state index in [9.17, 15) is 0 Å². The molecule has 0 unspecified atom stereocenters. The molecule has 0 N–H and O–H groups in total. The summed E-state index contributed by atoms with van der Waals surface area (Å²) in [6.45, 7) is 4.43. The molecular weight excluding hydrogens is 252 g/mol. The summed E-state index contributed by atoms with van der Waals surface area (Å²) >= 11 is 0. The van der Waals surface area contributed by atoms with Crippen LogP contribution in [0.4, 0.5) is 0 Å². The highest BCUT2D eigenvalue weighted by molar-refractivity contribution is 5.82. The van der Waals surface area contributed by atoms with Gasteiger partial charge in [-0.05, 0) is 46.4 Å². The van der Waals surface area contributed by atoms with Gasteiger partial charge in [-0.15, -0.1) is 0 Å². The SMILES string of the molecule is Cc1ccc(-c2ccc3c(c2)-c2ccccc2[C@@H]3C)cc1. The Morgan fingerprint density at radius 1 is 0.667 bits per heavy atom. The summed E-state index contributed by atoms with van der Waals surface area (Å²) in [5.74, 6) is 0.503. The Kier molecular flexibility index (Phi) is 2.71. The topological polar surface area (TPSA) is 0 Å². The van der Waals surface area contributed by atoms with Crippen LogP contribution in [0, 0.1) is 6.92 Å². The molecule has 0 bridgehead atoms. The van der Waals surface area contributed by atoms with E-state index in [1.54, 1.807) is 0 Å². The number of hydrogen-bond acceptors (Lipinski definition) is 0. The second-order valence-corrected chi connectivity index (χ2v) is 5.98. The summed E-state index contributed by atoms with van der Waals surface area (Å²) in [7, 11) is 0. The number of hydrogen-bond donors (Lipinski definition) is 0. The van der Waals surface area contributed by atoms with Gasteiger partial charge >= 0.3 is 0 Å². The van der Waals surface area contributed by atoms with Crippen LogP contribution in [0.3, 0.4) is 0 Å². The number of aryl methyl sites for hydroxylation is 1. The first-order valence-electron chi connectivity index (χ1n) is 7.54. The average molecular weight is 270 g/mol. The lowest BCUT2D eigenvalue weighted by Crippen LogP contribution is -1.89. The predicted octanol–water partition coefficient (Wildman–Crippen LogP) is 5.79. The van der Waals surface area contributed by atoms with Crippen molar-refractivity contribution in [1.82, 2.24) is 0 Å². The quantitative estimate of drug-likeness (QED) is 0.524. The van der Waals surface area contributed by atoms with Crippen molar-refractivity contribution in [2.75, 3.05) is 0 Å². The normalized spacial score (nSPS) is 15.6. The van der Waals surface area contributed by atoms with Crippen LogP contribution in [0.1, 0.15) is 29.5 Å². The van der Waals surface area contributed by atoms with Crippen LogP contribution < -0.4 is 0 Å². The van der Waals surface area contributed by atoms with Crippen molar-refractivity contribution in [2.45, 2.75) is 19.8 Å². The minimum Gasteiger partial charge on any atom is -0.0619 e. The molecule has 0 heteroatoms. The monoisotopic (exact) mass is 270 g/mol. The fraction of sp³-hybridized carbons (Fsp3) is 0.143. The lowest BCUT2D eigenvalue weighted by atomic mass is 9.96. The van der Waals surface area contributed by atoms with Crippen molar-refractivity contribution in [3.05, 3.63) is 83.4 Å². The van der Waals surface area contributed by atoms with Crippen LogP contribution in [-0.2, 0) is 0 Å². The Hall–Kier alpha value is -2.34. The second-order valence-electron chi connectivity index (χ2n) is 5.98. The highest BCUT2D eigenvalue weighted by atomic mass is 14.3. The largest absolute Gasteiger partial charge is 0.0619 e. The van der Waals surface area contributed by atoms with Crippen molar-refractivity contribution in [3.8, 4) is 22.3 Å². The number of fused-ring (bicyclic) bond motifs is 3. The van der Waals surface area contributed by atoms with Crippen molar-refractivity contribution >= 4 is 0 Å². The molecule has 0 amide bonds. The standard InChI is InChI=1S/C21H18/c1-14-7-9-16(10-8-14)17-11-12-19-15(2)18-5-3-4-6-20(18)21(19)13-17/h3-13,15H,1-2H3/t15-/m0/s1. The molecule has 1 aliphatic rings. The third-order valence-electron chi connectivity index (χ3n) is 4.62. The van der Waals surface area contributed by atoms with E-state index in [4.69, 9.17) is 0 Å². The van der Waals surface area contributed by atoms with Gasteiger partial charge in [0.2, 0.25) is 0 Å². The van der Waals surface area contributed by atoms with Crippen LogP contribution in [-0.4, -0.2) is 0 Å². The maximum Gasteiger partial charge on any atom is 0.00733 e. The van der Waals surface area contributed by atoms with Gasteiger partial charge in [0, 0.05) is 5.92 Å². The van der Waals surface area contributed by atoms with Crippen LogP contribution >= 0.6 is 0 Å². The Bertz CT molecular complexity index is 810. The molecule has 0 heterocycles. The molecule has 0 saturated carbocycles. The van der Waals surface area contributed by atoms with Gasteiger partial charge in [-0.2, -0.15) is 0 Å². The van der Waals surface area contributed by atoms with Crippen LogP contribution in [0.25, 0.3) is 22.3 Å². The zero-order chi connectivity index (χ0) is 14.4. The van der Waals surface area contributed by atoms with Crippen LogP contribution in [0.2, 0.25) is 0 Å². The molecule has 0 nitrogen and oxygen atoms in total. The number of rotatable bonds is 1. The average Bonchev–Trinajstić information content (AvgIpc) is 2.81. The van der Waals surface area contributed by atoms with E-state index in [1.165, 1.54) is 38.9 Å². The zero-order valence-electron chi connectivity index (χ0n) is 12.4. The van der Waals surface area contributed by atoms with Crippen molar-refractivity contribution < 1.29 is 0 Å². The molecule has 0 aliphatic heterocycles. The molecule has 0 saturated heterocycles. The summed E-state index contributed by atoms with van der Waals surface area (Å²) in [4.78, 5) is 0. The highest BCUT2D eigenvalue weighted by Gasteiger charge is 2.24. The molecule has 21 heavy (non-hydrogen) atoms. The van der Waals surface area contributed by atoms with E-state index in [-0.39, 0.29) is 0 Å². The van der Waals surface area contributed by atoms with Gasteiger partial charge in [0.15, 0.2) is 0 Å². The molecule has 0 spiro atoms. The van der Waals surface area contributed by atoms with Gasteiger partial charge in [0.1, 0.15) is 0 Å². The van der Waals surface area contributed by atoms with Crippen LogP contribution in [0.5, 0.6) is 0 Å². The molecule has 1 aliphatic carbocycles. The van der Waals surface area contributed by atoms with Crippen molar-refractivity contribution in [1.29, 1.82) is 0 Å². The maximum absolute atomic E-state index is 2.35. The first kappa shape index (κ1) is 12.4. The van der Waals surface area contributed by atoms with E-state index in [1.807, 2.05) is 0 Å². The van der Waals surface area contributed by atoms with Gasteiger partial charge in [-0.1, -0.05) is 73.2 Å². The summed E-state index contributed by atoms with van der Waals surface area (Å²) < 4.78 is 0. The van der Waals surface area contributed by atoms with Gasteiger partial charge in [-0.3, -0.25) is 0 Å². The van der Waals surface area contributed by atoms with E-state index in [2.05, 4.69) is 80.6 Å². The summed E-state index contributed by atoms with van der Waals surface area (Å²) in [6.07, 6.45) is 0. The summed E-state index contributed by atoms with van der Waals surface area (Å²) in [6, 6.07) is 24.5. The Morgan fingerprint density at radius 2 is 1.33 bits per heavy atom.